The van der Waals surface area contributed by atoms with Crippen molar-refractivity contribution in [2.24, 2.45) is 0 Å². The summed E-state index contributed by atoms with van der Waals surface area (Å²) in [6.45, 7) is 8.50. The molecule has 3 aromatic rings. The van der Waals surface area contributed by atoms with Crippen molar-refractivity contribution >= 4 is 44.9 Å². The van der Waals surface area contributed by atoms with Crippen molar-refractivity contribution in [1.82, 2.24) is 9.97 Å². The van der Waals surface area contributed by atoms with Crippen LogP contribution in [-0.4, -0.2) is 27.7 Å². The van der Waals surface area contributed by atoms with Gasteiger partial charge in [-0.05, 0) is 45.4 Å². The maximum atomic E-state index is 12.7. The van der Waals surface area contributed by atoms with Gasteiger partial charge >= 0.3 is 0 Å². The van der Waals surface area contributed by atoms with Gasteiger partial charge in [-0.15, -0.1) is 11.3 Å². The van der Waals surface area contributed by atoms with Crippen molar-refractivity contribution in [3.63, 3.8) is 0 Å². The lowest BCUT2D eigenvalue weighted by Crippen LogP contribution is -2.23. The molecule has 1 unspecified atom stereocenters. The molecule has 7 heteroatoms. The zero-order chi connectivity index (χ0) is 18.7. The van der Waals surface area contributed by atoms with Crippen LogP contribution in [0.3, 0.4) is 0 Å². The fraction of sp³-hybridized carbons (Fsp3) is 0.316. The van der Waals surface area contributed by atoms with Crippen LogP contribution in [0.2, 0.25) is 0 Å². The molecule has 0 aliphatic carbocycles. The zero-order valence-corrected chi connectivity index (χ0v) is 16.8. The van der Waals surface area contributed by atoms with Gasteiger partial charge in [0.1, 0.15) is 21.9 Å². The highest BCUT2D eigenvalue weighted by Gasteiger charge is 2.20. The quantitative estimate of drug-likeness (QED) is 0.485. The van der Waals surface area contributed by atoms with E-state index in [1.54, 1.807) is 17.7 Å². The van der Waals surface area contributed by atoms with Gasteiger partial charge in [0.2, 0.25) is 5.91 Å². The van der Waals surface area contributed by atoms with Crippen molar-refractivity contribution < 1.29 is 9.53 Å². The van der Waals surface area contributed by atoms with Crippen LogP contribution >= 0.6 is 23.1 Å². The number of fused-ring (bicyclic) bond motifs is 1. The Morgan fingerprint density at radius 2 is 2.08 bits per heavy atom. The standard InChI is InChI=1S/C19H21N3O2S2/c1-5-24-15-9-7-6-8-14(15)22-17(23)13(4)26-19-16-11(2)12(3)25-18(16)20-10-21-19/h6-10,13H,5H2,1-4H3,(H,22,23). The number of ether oxygens (including phenoxy) is 1. The van der Waals surface area contributed by atoms with Crippen LogP contribution in [0.5, 0.6) is 5.75 Å². The van der Waals surface area contributed by atoms with E-state index in [-0.39, 0.29) is 11.2 Å². The molecule has 0 saturated heterocycles. The Kier molecular flexibility index (Phi) is 5.78. The fourth-order valence-electron chi connectivity index (χ4n) is 2.55. The first-order valence-corrected chi connectivity index (χ1v) is 10.1. The maximum Gasteiger partial charge on any atom is 0.237 e. The van der Waals surface area contributed by atoms with Crippen molar-refractivity contribution in [1.29, 1.82) is 0 Å². The topological polar surface area (TPSA) is 64.1 Å². The van der Waals surface area contributed by atoms with Gasteiger partial charge in [-0.2, -0.15) is 0 Å². The van der Waals surface area contributed by atoms with E-state index in [0.29, 0.717) is 18.0 Å². The van der Waals surface area contributed by atoms with Gasteiger partial charge < -0.3 is 10.1 Å². The first-order chi connectivity index (χ1) is 12.5. The molecule has 1 amide bonds. The number of amides is 1. The predicted molar refractivity (Wildman–Crippen MR) is 108 cm³/mol. The number of anilines is 1. The van der Waals surface area contributed by atoms with Gasteiger partial charge in [0, 0.05) is 10.3 Å². The molecule has 0 radical (unpaired) electrons. The lowest BCUT2D eigenvalue weighted by atomic mass is 10.2. The van der Waals surface area contributed by atoms with Crippen LogP contribution in [0.15, 0.2) is 35.6 Å². The average molecular weight is 388 g/mol. The summed E-state index contributed by atoms with van der Waals surface area (Å²) >= 11 is 3.11. The molecule has 5 nitrogen and oxygen atoms in total. The molecule has 0 aliphatic heterocycles. The summed E-state index contributed by atoms with van der Waals surface area (Å²) in [5, 5.41) is 4.55. The SMILES string of the molecule is CCOc1ccccc1NC(=O)C(C)Sc1ncnc2sc(C)c(C)c12. The molecule has 1 aromatic carbocycles. The Morgan fingerprint density at radius 1 is 1.31 bits per heavy atom. The fourth-order valence-corrected chi connectivity index (χ4v) is 4.58. The molecule has 0 spiro atoms. The van der Waals surface area contributed by atoms with Gasteiger partial charge in [-0.1, -0.05) is 23.9 Å². The number of thiophene rings is 1. The molecule has 3 rings (SSSR count). The van der Waals surface area contributed by atoms with Gasteiger partial charge in [0.05, 0.1) is 17.5 Å². The van der Waals surface area contributed by atoms with E-state index in [1.807, 2.05) is 38.1 Å². The van der Waals surface area contributed by atoms with E-state index in [9.17, 15) is 4.79 Å². The molecule has 0 saturated carbocycles. The summed E-state index contributed by atoms with van der Waals surface area (Å²) in [7, 11) is 0. The molecule has 0 aliphatic rings. The molecular weight excluding hydrogens is 366 g/mol. The first-order valence-electron chi connectivity index (χ1n) is 8.41. The van der Waals surface area contributed by atoms with E-state index in [4.69, 9.17) is 4.74 Å². The van der Waals surface area contributed by atoms with Crippen molar-refractivity contribution in [2.75, 3.05) is 11.9 Å². The number of rotatable bonds is 6. The number of thioether (sulfide) groups is 1. The molecule has 2 aromatic heterocycles. The number of benzene rings is 1. The summed E-state index contributed by atoms with van der Waals surface area (Å²) in [6, 6.07) is 7.46. The number of para-hydroxylation sites is 2. The highest BCUT2D eigenvalue weighted by Crippen LogP contribution is 2.36. The second kappa shape index (κ2) is 8.05. The van der Waals surface area contributed by atoms with E-state index in [1.165, 1.54) is 22.2 Å². The highest BCUT2D eigenvalue weighted by atomic mass is 32.2. The van der Waals surface area contributed by atoms with Gasteiger partial charge in [0.25, 0.3) is 0 Å². The van der Waals surface area contributed by atoms with Crippen LogP contribution < -0.4 is 10.1 Å². The first kappa shape index (κ1) is 18.7. The van der Waals surface area contributed by atoms with Crippen LogP contribution in [0.4, 0.5) is 5.69 Å². The number of nitrogens with one attached hydrogen (secondary N) is 1. The van der Waals surface area contributed by atoms with Crippen LogP contribution in [0.25, 0.3) is 10.2 Å². The minimum Gasteiger partial charge on any atom is -0.492 e. The average Bonchev–Trinajstić information content (AvgIpc) is 2.92. The summed E-state index contributed by atoms with van der Waals surface area (Å²) < 4.78 is 5.57. The zero-order valence-electron chi connectivity index (χ0n) is 15.2. The number of aryl methyl sites for hydroxylation is 2. The van der Waals surface area contributed by atoms with E-state index >= 15 is 0 Å². The minimum atomic E-state index is -0.303. The number of carbonyl (C=O) groups excluding carboxylic acids is 1. The number of hydrogen-bond acceptors (Lipinski definition) is 6. The van der Waals surface area contributed by atoms with Crippen molar-refractivity contribution in [3.8, 4) is 5.75 Å². The number of aromatic nitrogens is 2. The third kappa shape index (κ3) is 3.83. The largest absolute Gasteiger partial charge is 0.492 e. The Bertz CT molecular complexity index is 940. The molecular formula is C19H21N3O2S2. The molecule has 1 atom stereocenters. The third-order valence-corrected chi connectivity index (χ3v) is 6.25. The van der Waals surface area contributed by atoms with Gasteiger partial charge in [0.15, 0.2) is 0 Å². The monoisotopic (exact) mass is 387 g/mol. The lowest BCUT2D eigenvalue weighted by molar-refractivity contribution is -0.115. The van der Waals surface area contributed by atoms with Gasteiger partial charge in [-0.3, -0.25) is 4.79 Å². The Hall–Kier alpha value is -2.12. The maximum absolute atomic E-state index is 12.7. The molecule has 0 bridgehead atoms. The van der Waals surface area contributed by atoms with E-state index in [0.717, 1.165) is 15.2 Å². The second-order valence-corrected chi connectivity index (χ2v) is 8.35. The summed E-state index contributed by atoms with van der Waals surface area (Å²) in [5.74, 6) is 0.591. The van der Waals surface area contributed by atoms with Crippen LogP contribution in [-0.2, 0) is 4.79 Å². The van der Waals surface area contributed by atoms with Crippen molar-refractivity contribution in [2.45, 2.75) is 38.0 Å². The third-order valence-electron chi connectivity index (χ3n) is 4.03. The molecule has 0 fully saturated rings. The summed E-state index contributed by atoms with van der Waals surface area (Å²) in [6.07, 6.45) is 1.56. The highest BCUT2D eigenvalue weighted by molar-refractivity contribution is 8.00. The van der Waals surface area contributed by atoms with Crippen LogP contribution in [0.1, 0.15) is 24.3 Å². The molecule has 136 valence electrons. The van der Waals surface area contributed by atoms with E-state index in [2.05, 4.69) is 29.1 Å². The predicted octanol–water partition coefficient (Wildman–Crippen LogP) is 4.83. The Labute approximate surface area is 161 Å². The summed E-state index contributed by atoms with van der Waals surface area (Å²) in [5.41, 5.74) is 1.87. The number of hydrogen-bond donors (Lipinski definition) is 1. The number of carbonyl (C=O) groups is 1. The minimum absolute atomic E-state index is 0.0847. The molecule has 2 heterocycles. The van der Waals surface area contributed by atoms with Crippen molar-refractivity contribution in [3.05, 3.63) is 41.0 Å². The molecule has 1 N–H and O–H groups in total. The van der Waals surface area contributed by atoms with Gasteiger partial charge in [-0.25, -0.2) is 9.97 Å². The number of nitrogens with zero attached hydrogens (tertiary/aromatic N) is 2. The van der Waals surface area contributed by atoms with Crippen LogP contribution in [0, 0.1) is 13.8 Å². The smallest absolute Gasteiger partial charge is 0.237 e. The Morgan fingerprint density at radius 3 is 2.85 bits per heavy atom. The lowest BCUT2D eigenvalue weighted by Gasteiger charge is -2.15. The molecule has 26 heavy (non-hydrogen) atoms. The summed E-state index contributed by atoms with van der Waals surface area (Å²) in [4.78, 5) is 23.6. The van der Waals surface area contributed by atoms with E-state index < -0.39 is 0 Å². The Balaban J connectivity index is 1.78. The second-order valence-electron chi connectivity index (χ2n) is 5.82. The normalized spacial score (nSPS) is 12.2.